The van der Waals surface area contributed by atoms with Gasteiger partial charge < -0.3 is 5.73 Å². The van der Waals surface area contributed by atoms with Crippen LogP contribution in [-0.4, -0.2) is 16.5 Å². The quantitative estimate of drug-likeness (QED) is 0.873. The van der Waals surface area contributed by atoms with Crippen LogP contribution in [-0.2, 0) is 9.73 Å². The maximum Gasteiger partial charge on any atom is 0.0738 e. The SMILES string of the molecule is N=S(=O)(CCN)c1cccc(Br)c1. The Balaban J connectivity index is 3.08. The first kappa shape index (κ1) is 10.7. The van der Waals surface area contributed by atoms with Crippen LogP contribution in [0.1, 0.15) is 0 Å². The summed E-state index contributed by atoms with van der Waals surface area (Å²) in [5.74, 6) is 0.212. The molecule has 0 heterocycles. The summed E-state index contributed by atoms with van der Waals surface area (Å²) < 4.78 is 20.1. The number of nitrogens with one attached hydrogen (secondary N) is 1. The molecule has 0 bridgehead atoms. The third-order valence-corrected chi connectivity index (χ3v) is 3.90. The summed E-state index contributed by atoms with van der Waals surface area (Å²) in [5.41, 5.74) is 5.28. The van der Waals surface area contributed by atoms with Gasteiger partial charge in [-0.25, -0.2) is 8.99 Å². The van der Waals surface area contributed by atoms with Crippen LogP contribution in [0.15, 0.2) is 33.6 Å². The second-order valence-electron chi connectivity index (χ2n) is 2.63. The molecule has 0 aromatic heterocycles. The van der Waals surface area contributed by atoms with E-state index < -0.39 is 9.73 Å². The smallest absolute Gasteiger partial charge is 0.0738 e. The van der Waals surface area contributed by atoms with Gasteiger partial charge in [0.1, 0.15) is 0 Å². The zero-order valence-electron chi connectivity index (χ0n) is 7.00. The highest BCUT2D eigenvalue weighted by atomic mass is 79.9. The van der Waals surface area contributed by atoms with Crippen molar-refractivity contribution in [1.29, 1.82) is 4.78 Å². The van der Waals surface area contributed by atoms with Crippen molar-refractivity contribution in [2.24, 2.45) is 5.73 Å². The van der Waals surface area contributed by atoms with Gasteiger partial charge in [0.05, 0.1) is 9.73 Å². The molecule has 3 nitrogen and oxygen atoms in total. The first-order valence-corrected chi connectivity index (χ1v) is 6.30. The summed E-state index contributed by atoms with van der Waals surface area (Å²) in [7, 11) is -2.69. The Hall–Kier alpha value is -0.390. The van der Waals surface area contributed by atoms with Gasteiger partial charge in [-0.05, 0) is 18.2 Å². The second kappa shape index (κ2) is 4.21. The summed E-state index contributed by atoms with van der Waals surface area (Å²) in [4.78, 5) is 0.535. The van der Waals surface area contributed by atoms with E-state index in [-0.39, 0.29) is 12.3 Å². The zero-order valence-corrected chi connectivity index (χ0v) is 9.40. The molecule has 0 aliphatic carbocycles. The summed E-state index contributed by atoms with van der Waals surface area (Å²) in [6.45, 7) is 0.273. The monoisotopic (exact) mass is 262 g/mol. The highest BCUT2D eigenvalue weighted by molar-refractivity contribution is 9.10. The first-order chi connectivity index (χ1) is 6.06. The molecule has 0 saturated carbocycles. The van der Waals surface area contributed by atoms with Gasteiger partial charge in [0.25, 0.3) is 0 Å². The maximum absolute atomic E-state index is 11.7. The van der Waals surface area contributed by atoms with Gasteiger partial charge in [0, 0.05) is 21.7 Å². The van der Waals surface area contributed by atoms with E-state index in [0.29, 0.717) is 4.90 Å². The minimum Gasteiger partial charge on any atom is -0.330 e. The van der Waals surface area contributed by atoms with E-state index in [1.54, 1.807) is 18.2 Å². The lowest BCUT2D eigenvalue weighted by atomic mass is 10.4. The van der Waals surface area contributed by atoms with Gasteiger partial charge in [-0.15, -0.1) is 0 Å². The van der Waals surface area contributed by atoms with E-state index in [1.165, 1.54) is 0 Å². The van der Waals surface area contributed by atoms with Crippen molar-refractivity contribution in [1.82, 2.24) is 0 Å². The number of rotatable bonds is 3. The summed E-state index contributed by atoms with van der Waals surface area (Å²) in [6.07, 6.45) is 0. The minimum absolute atomic E-state index is 0.212. The van der Waals surface area contributed by atoms with E-state index in [2.05, 4.69) is 15.9 Å². The average molecular weight is 263 g/mol. The largest absolute Gasteiger partial charge is 0.330 e. The Kier molecular flexibility index (Phi) is 3.47. The molecule has 0 spiro atoms. The number of hydrogen-bond acceptors (Lipinski definition) is 3. The van der Waals surface area contributed by atoms with E-state index in [4.69, 9.17) is 10.5 Å². The molecular weight excluding hydrogens is 252 g/mol. The highest BCUT2D eigenvalue weighted by Gasteiger charge is 2.08. The van der Waals surface area contributed by atoms with Crippen molar-refractivity contribution in [3.63, 3.8) is 0 Å². The van der Waals surface area contributed by atoms with E-state index in [9.17, 15) is 4.21 Å². The normalized spacial score (nSPS) is 15.2. The third kappa shape index (κ3) is 2.79. The molecule has 1 aromatic carbocycles. The van der Waals surface area contributed by atoms with Crippen molar-refractivity contribution < 1.29 is 4.21 Å². The average Bonchev–Trinajstić information content (AvgIpc) is 2.04. The van der Waals surface area contributed by atoms with Crippen LogP contribution in [0, 0.1) is 4.78 Å². The van der Waals surface area contributed by atoms with Crippen molar-refractivity contribution in [2.75, 3.05) is 12.3 Å². The summed E-state index contributed by atoms with van der Waals surface area (Å²) in [6, 6.07) is 6.99. The van der Waals surface area contributed by atoms with Crippen LogP contribution >= 0.6 is 15.9 Å². The fourth-order valence-corrected chi connectivity index (χ4v) is 2.69. The second-order valence-corrected chi connectivity index (χ2v) is 5.77. The lowest BCUT2D eigenvalue weighted by molar-refractivity contribution is 0.674. The molecule has 0 saturated heterocycles. The Labute approximate surface area is 86.4 Å². The van der Waals surface area contributed by atoms with Crippen molar-refractivity contribution in [3.8, 4) is 0 Å². The predicted octanol–water partition coefficient (Wildman–Crippen LogP) is 1.81. The molecule has 1 unspecified atom stereocenters. The number of benzene rings is 1. The number of halogens is 1. The van der Waals surface area contributed by atoms with Crippen molar-refractivity contribution in [3.05, 3.63) is 28.7 Å². The molecule has 0 fully saturated rings. The molecule has 0 aliphatic rings. The van der Waals surface area contributed by atoms with Crippen LogP contribution in [0.5, 0.6) is 0 Å². The van der Waals surface area contributed by atoms with Gasteiger partial charge in [-0.2, -0.15) is 0 Å². The first-order valence-electron chi connectivity index (χ1n) is 3.78. The zero-order chi connectivity index (χ0) is 9.90. The number of hydrogen-bond donors (Lipinski definition) is 2. The van der Waals surface area contributed by atoms with Crippen LogP contribution in [0.3, 0.4) is 0 Å². The lowest BCUT2D eigenvalue weighted by Gasteiger charge is -2.05. The Morgan fingerprint density at radius 1 is 1.54 bits per heavy atom. The van der Waals surface area contributed by atoms with Gasteiger partial charge in [0.2, 0.25) is 0 Å². The van der Waals surface area contributed by atoms with Crippen LogP contribution in [0.2, 0.25) is 0 Å². The van der Waals surface area contributed by atoms with Gasteiger partial charge in [0.15, 0.2) is 0 Å². The predicted molar refractivity (Wildman–Crippen MR) is 57.2 cm³/mol. The van der Waals surface area contributed by atoms with Crippen LogP contribution in [0.4, 0.5) is 0 Å². The topological polar surface area (TPSA) is 66.9 Å². The molecule has 0 radical (unpaired) electrons. The van der Waals surface area contributed by atoms with E-state index in [1.807, 2.05) is 6.07 Å². The standard InChI is InChI=1S/C8H11BrN2OS/c9-7-2-1-3-8(6-7)13(11,12)5-4-10/h1-3,6,11H,4-5,10H2. The summed E-state index contributed by atoms with van der Waals surface area (Å²) in [5, 5.41) is 0. The van der Waals surface area contributed by atoms with Gasteiger partial charge in [-0.1, -0.05) is 22.0 Å². The molecule has 0 amide bonds. The Morgan fingerprint density at radius 3 is 2.77 bits per heavy atom. The molecule has 1 atom stereocenters. The van der Waals surface area contributed by atoms with Crippen molar-refractivity contribution in [2.45, 2.75) is 4.90 Å². The molecule has 3 N–H and O–H groups in total. The molecule has 13 heavy (non-hydrogen) atoms. The van der Waals surface area contributed by atoms with Crippen molar-refractivity contribution >= 4 is 25.7 Å². The van der Waals surface area contributed by atoms with Crippen LogP contribution in [0.25, 0.3) is 0 Å². The third-order valence-electron chi connectivity index (χ3n) is 1.58. The van der Waals surface area contributed by atoms with E-state index in [0.717, 1.165) is 4.47 Å². The molecule has 1 aromatic rings. The fraction of sp³-hybridized carbons (Fsp3) is 0.250. The van der Waals surface area contributed by atoms with Gasteiger partial charge in [-0.3, -0.25) is 0 Å². The highest BCUT2D eigenvalue weighted by Crippen LogP contribution is 2.17. The lowest BCUT2D eigenvalue weighted by Crippen LogP contribution is -2.14. The molecule has 72 valence electrons. The minimum atomic E-state index is -2.69. The molecule has 1 rings (SSSR count). The summed E-state index contributed by atoms with van der Waals surface area (Å²) >= 11 is 3.27. The molecule has 5 heteroatoms. The molecular formula is C8H11BrN2OS. The van der Waals surface area contributed by atoms with Gasteiger partial charge >= 0.3 is 0 Å². The van der Waals surface area contributed by atoms with Crippen LogP contribution < -0.4 is 5.73 Å². The number of nitrogens with two attached hydrogens (primary N) is 1. The maximum atomic E-state index is 11.7. The van der Waals surface area contributed by atoms with E-state index >= 15 is 0 Å². The Morgan fingerprint density at radius 2 is 2.23 bits per heavy atom. The Bertz CT molecular complexity index is 389. The fourth-order valence-electron chi connectivity index (χ4n) is 0.956. The molecule has 0 aliphatic heterocycles.